The molecule has 0 saturated carbocycles. The van der Waals surface area contributed by atoms with Gasteiger partial charge in [-0.2, -0.15) is 5.10 Å². The van der Waals surface area contributed by atoms with Crippen LogP contribution in [0.5, 0.6) is 5.75 Å². The minimum absolute atomic E-state index is 0.262. The predicted octanol–water partition coefficient (Wildman–Crippen LogP) is 3.73. The van der Waals surface area contributed by atoms with Crippen molar-refractivity contribution in [1.29, 1.82) is 0 Å². The van der Waals surface area contributed by atoms with Crippen molar-refractivity contribution in [3.8, 4) is 5.75 Å². The highest BCUT2D eigenvalue weighted by molar-refractivity contribution is 9.10. The van der Waals surface area contributed by atoms with E-state index < -0.39 is 11.2 Å². The Morgan fingerprint density at radius 3 is 2.93 bits per heavy atom. The summed E-state index contributed by atoms with van der Waals surface area (Å²) in [6.45, 7) is 2.45. The monoisotopic (exact) mass is 475 g/mol. The number of amidine groups is 1. The number of aliphatic carboxylic acids is 1. The van der Waals surface area contributed by atoms with Gasteiger partial charge in [-0.3, -0.25) is 9.59 Å². The number of hydrogen-bond acceptors (Lipinski definition) is 6. The molecule has 2 N–H and O–H groups in total. The maximum absolute atomic E-state index is 11.7. The fourth-order valence-corrected chi connectivity index (χ4v) is 3.90. The predicted molar refractivity (Wildman–Crippen MR) is 116 cm³/mol. The number of nitrogens with one attached hydrogen (secondary N) is 1. The maximum Gasteiger partial charge on any atom is 0.305 e. The van der Waals surface area contributed by atoms with Crippen molar-refractivity contribution in [3.63, 3.8) is 0 Å². The van der Waals surface area contributed by atoms with Gasteiger partial charge in [0.2, 0.25) is 5.91 Å². The Hall–Kier alpha value is -2.65. The van der Waals surface area contributed by atoms with Crippen LogP contribution in [0.1, 0.15) is 23.1 Å². The molecule has 1 atom stereocenters. The van der Waals surface area contributed by atoms with Gasteiger partial charge in [-0.05, 0) is 30.7 Å². The molecule has 150 valence electrons. The van der Waals surface area contributed by atoms with Crippen LogP contribution in [0.4, 0.5) is 0 Å². The molecule has 0 aliphatic carbocycles. The molecule has 7 nitrogen and oxygen atoms in total. The molecule has 1 fully saturated rings. The van der Waals surface area contributed by atoms with Gasteiger partial charge in [-0.25, -0.2) is 0 Å². The van der Waals surface area contributed by atoms with E-state index in [1.165, 1.54) is 6.21 Å². The van der Waals surface area contributed by atoms with Crippen LogP contribution < -0.4 is 10.1 Å². The number of carboxylic acids is 1. The average Bonchev–Trinajstić information content (AvgIpc) is 3.00. The molecule has 2 aromatic carbocycles. The maximum atomic E-state index is 11.7. The van der Waals surface area contributed by atoms with E-state index in [-0.39, 0.29) is 17.5 Å². The number of ether oxygens (including phenoxy) is 1. The van der Waals surface area contributed by atoms with Crippen LogP contribution in [0, 0.1) is 6.92 Å². The molecule has 0 spiro atoms. The molecular formula is C20H18BrN3O4S. The SMILES string of the molecule is Cc1cccc(COc2ccc(Br)cc2C=NN=C2NC(=O)C(CC(=O)O)S2)c1. The van der Waals surface area contributed by atoms with E-state index in [0.717, 1.165) is 27.4 Å². The van der Waals surface area contributed by atoms with Crippen LogP contribution in [0.15, 0.2) is 57.1 Å². The number of rotatable bonds is 7. The van der Waals surface area contributed by atoms with Crippen molar-refractivity contribution in [2.75, 3.05) is 0 Å². The number of hydrogen-bond donors (Lipinski definition) is 2. The van der Waals surface area contributed by atoms with Gasteiger partial charge >= 0.3 is 5.97 Å². The first kappa shape index (κ1) is 21.1. The first-order valence-corrected chi connectivity index (χ1v) is 10.4. The minimum atomic E-state index is -1.04. The Labute approximate surface area is 180 Å². The van der Waals surface area contributed by atoms with Crippen LogP contribution >= 0.6 is 27.7 Å². The quantitative estimate of drug-likeness (QED) is 0.469. The molecule has 3 rings (SSSR count). The summed E-state index contributed by atoms with van der Waals surface area (Å²) in [5, 5.41) is 18.9. The number of carboxylic acid groups (broad SMARTS) is 1. The molecule has 29 heavy (non-hydrogen) atoms. The van der Waals surface area contributed by atoms with Crippen molar-refractivity contribution >= 4 is 51.0 Å². The zero-order chi connectivity index (χ0) is 20.8. The highest BCUT2D eigenvalue weighted by Gasteiger charge is 2.32. The van der Waals surface area contributed by atoms with E-state index in [1.807, 2.05) is 43.3 Å². The molecule has 0 bridgehead atoms. The van der Waals surface area contributed by atoms with Crippen molar-refractivity contribution in [2.45, 2.75) is 25.2 Å². The smallest absolute Gasteiger partial charge is 0.305 e. The molecule has 1 aliphatic heterocycles. The molecule has 0 aromatic heterocycles. The van der Waals surface area contributed by atoms with Crippen LogP contribution in [0.3, 0.4) is 0 Å². The lowest BCUT2D eigenvalue weighted by molar-refractivity contribution is -0.138. The molecule has 9 heteroatoms. The summed E-state index contributed by atoms with van der Waals surface area (Å²) in [4.78, 5) is 22.5. The van der Waals surface area contributed by atoms with Gasteiger partial charge in [-0.1, -0.05) is 57.5 Å². The standard InChI is InChI=1S/C20H18BrN3O4S/c1-12-3-2-4-13(7-12)11-28-16-6-5-15(21)8-14(16)10-22-24-20-23-19(27)17(29-20)9-18(25)26/h2-8,10,17H,9,11H2,1H3,(H,25,26)(H,23,24,27). The number of carbonyl (C=O) groups is 2. The van der Waals surface area contributed by atoms with Crippen LogP contribution in [0.2, 0.25) is 0 Å². The summed E-state index contributed by atoms with van der Waals surface area (Å²) >= 11 is 4.48. The zero-order valence-corrected chi connectivity index (χ0v) is 17.9. The van der Waals surface area contributed by atoms with Crippen LogP contribution in [-0.4, -0.2) is 33.6 Å². The first-order valence-electron chi connectivity index (χ1n) is 8.69. The normalized spacial score (nSPS) is 17.7. The van der Waals surface area contributed by atoms with Gasteiger partial charge in [0, 0.05) is 10.0 Å². The summed E-state index contributed by atoms with van der Waals surface area (Å²) in [6.07, 6.45) is 1.27. The second kappa shape index (κ2) is 9.71. The largest absolute Gasteiger partial charge is 0.488 e. The van der Waals surface area contributed by atoms with Gasteiger partial charge in [0.05, 0.1) is 12.6 Å². The summed E-state index contributed by atoms with van der Waals surface area (Å²) < 4.78 is 6.79. The Balaban J connectivity index is 1.69. The van der Waals surface area contributed by atoms with Crippen molar-refractivity contribution in [1.82, 2.24) is 5.32 Å². The number of benzene rings is 2. The van der Waals surface area contributed by atoms with Gasteiger partial charge in [0.25, 0.3) is 0 Å². The average molecular weight is 476 g/mol. The summed E-state index contributed by atoms with van der Waals surface area (Å²) in [7, 11) is 0. The Bertz CT molecular complexity index is 993. The summed E-state index contributed by atoms with van der Waals surface area (Å²) in [5.74, 6) is -0.770. The molecule has 1 heterocycles. The zero-order valence-electron chi connectivity index (χ0n) is 15.5. The Morgan fingerprint density at radius 1 is 1.34 bits per heavy atom. The number of amides is 1. The third kappa shape index (κ3) is 6.16. The number of aryl methyl sites for hydroxylation is 1. The second-order valence-corrected chi connectivity index (χ2v) is 8.41. The molecule has 1 saturated heterocycles. The Morgan fingerprint density at radius 2 is 2.17 bits per heavy atom. The highest BCUT2D eigenvalue weighted by Crippen LogP contribution is 2.24. The number of carbonyl (C=O) groups excluding carboxylic acids is 1. The van der Waals surface area contributed by atoms with Crippen molar-refractivity contribution in [3.05, 3.63) is 63.6 Å². The van der Waals surface area contributed by atoms with Gasteiger partial charge in [-0.15, -0.1) is 5.10 Å². The lowest BCUT2D eigenvalue weighted by atomic mass is 10.1. The Kier molecular flexibility index (Phi) is 7.05. The molecule has 1 amide bonds. The van der Waals surface area contributed by atoms with Crippen LogP contribution in [-0.2, 0) is 16.2 Å². The topological polar surface area (TPSA) is 100 Å². The lowest BCUT2D eigenvalue weighted by Crippen LogP contribution is -2.26. The summed E-state index contributed by atoms with van der Waals surface area (Å²) in [5.41, 5.74) is 2.94. The van der Waals surface area contributed by atoms with Crippen molar-refractivity contribution in [2.24, 2.45) is 10.2 Å². The fourth-order valence-electron chi connectivity index (χ4n) is 2.60. The second-order valence-electron chi connectivity index (χ2n) is 6.30. The van der Waals surface area contributed by atoms with Crippen LogP contribution in [0.25, 0.3) is 0 Å². The lowest BCUT2D eigenvalue weighted by Gasteiger charge is -2.10. The first-order chi connectivity index (χ1) is 13.9. The number of thioether (sulfide) groups is 1. The third-order valence-corrected chi connectivity index (χ3v) is 5.50. The van der Waals surface area contributed by atoms with E-state index in [0.29, 0.717) is 17.9 Å². The van der Waals surface area contributed by atoms with E-state index in [4.69, 9.17) is 9.84 Å². The fraction of sp³-hybridized carbons (Fsp3) is 0.200. The van der Waals surface area contributed by atoms with E-state index in [9.17, 15) is 9.59 Å². The molecule has 0 radical (unpaired) electrons. The molecule has 1 aliphatic rings. The number of halogens is 1. The van der Waals surface area contributed by atoms with Crippen molar-refractivity contribution < 1.29 is 19.4 Å². The van der Waals surface area contributed by atoms with Gasteiger partial charge in [0.1, 0.15) is 17.6 Å². The minimum Gasteiger partial charge on any atom is -0.488 e. The van der Waals surface area contributed by atoms with Gasteiger partial charge < -0.3 is 15.2 Å². The highest BCUT2D eigenvalue weighted by atomic mass is 79.9. The molecule has 2 aromatic rings. The summed E-state index contributed by atoms with van der Waals surface area (Å²) in [6, 6.07) is 13.6. The number of nitrogens with zero attached hydrogens (tertiary/aromatic N) is 2. The van der Waals surface area contributed by atoms with E-state index in [2.05, 4.69) is 37.5 Å². The van der Waals surface area contributed by atoms with E-state index >= 15 is 0 Å². The molecule has 1 unspecified atom stereocenters. The molecular weight excluding hydrogens is 458 g/mol. The van der Waals surface area contributed by atoms with Gasteiger partial charge in [0.15, 0.2) is 5.17 Å². The third-order valence-electron chi connectivity index (χ3n) is 3.93. The van der Waals surface area contributed by atoms with E-state index in [1.54, 1.807) is 0 Å².